The Morgan fingerprint density at radius 3 is 2.46 bits per heavy atom. The highest BCUT2D eigenvalue weighted by atomic mass is 16.6. The minimum Gasteiger partial charge on any atom is -0.447 e. The summed E-state index contributed by atoms with van der Waals surface area (Å²) in [6.45, 7) is 3.72. The number of hydrogen-bond acceptors (Lipinski definition) is 2. The smallest absolute Gasteiger partial charge is 0.407 e. The number of amides is 1. The van der Waals surface area contributed by atoms with E-state index in [0.717, 1.165) is 12.8 Å². The van der Waals surface area contributed by atoms with E-state index in [-0.39, 0.29) is 12.2 Å². The topological polar surface area (TPSA) is 38.3 Å². The van der Waals surface area contributed by atoms with Gasteiger partial charge in [-0.15, -0.1) is 0 Å². The second kappa shape index (κ2) is 5.10. The van der Waals surface area contributed by atoms with E-state index < -0.39 is 0 Å². The highest BCUT2D eigenvalue weighted by Gasteiger charge is 2.16. The molecular weight excluding hydrogens is 166 g/mol. The van der Waals surface area contributed by atoms with Crippen LogP contribution in [0.4, 0.5) is 4.79 Å². The molecule has 0 radical (unpaired) electrons. The number of carbonyl (C=O) groups excluding carboxylic acids is 1. The molecule has 1 N–H and O–H groups in total. The second-order valence-corrected chi connectivity index (χ2v) is 3.93. The van der Waals surface area contributed by atoms with Crippen LogP contribution in [-0.4, -0.2) is 18.2 Å². The van der Waals surface area contributed by atoms with E-state index in [2.05, 4.69) is 5.32 Å². The van der Waals surface area contributed by atoms with Gasteiger partial charge in [-0.05, 0) is 26.7 Å². The molecule has 0 spiro atoms. The van der Waals surface area contributed by atoms with Crippen LogP contribution in [0.25, 0.3) is 0 Å². The van der Waals surface area contributed by atoms with Gasteiger partial charge in [0.2, 0.25) is 0 Å². The Kier molecular flexibility index (Phi) is 4.06. The molecule has 1 saturated carbocycles. The largest absolute Gasteiger partial charge is 0.447 e. The highest BCUT2D eigenvalue weighted by molar-refractivity contribution is 5.67. The van der Waals surface area contributed by atoms with Gasteiger partial charge < -0.3 is 10.1 Å². The van der Waals surface area contributed by atoms with E-state index in [4.69, 9.17) is 4.74 Å². The molecule has 1 rings (SSSR count). The lowest BCUT2D eigenvalue weighted by Gasteiger charge is -2.22. The normalized spacial score (nSPS) is 18.7. The van der Waals surface area contributed by atoms with Gasteiger partial charge in [0.05, 0.1) is 6.10 Å². The van der Waals surface area contributed by atoms with Gasteiger partial charge in [0.1, 0.15) is 0 Å². The predicted octanol–water partition coefficient (Wildman–Crippen LogP) is 2.45. The Morgan fingerprint density at radius 1 is 1.31 bits per heavy atom. The van der Waals surface area contributed by atoms with E-state index in [1.54, 1.807) is 0 Å². The first-order valence-corrected chi connectivity index (χ1v) is 5.15. The van der Waals surface area contributed by atoms with Gasteiger partial charge in [0, 0.05) is 6.04 Å². The van der Waals surface area contributed by atoms with Crippen molar-refractivity contribution in [1.82, 2.24) is 5.32 Å². The maximum atomic E-state index is 11.2. The first-order chi connectivity index (χ1) is 6.18. The van der Waals surface area contributed by atoms with Gasteiger partial charge in [-0.1, -0.05) is 19.3 Å². The molecule has 0 aromatic carbocycles. The van der Waals surface area contributed by atoms with Gasteiger partial charge in [0.25, 0.3) is 0 Å². The summed E-state index contributed by atoms with van der Waals surface area (Å²) >= 11 is 0. The lowest BCUT2D eigenvalue weighted by molar-refractivity contribution is 0.110. The fourth-order valence-electron chi connectivity index (χ4n) is 1.66. The minimum absolute atomic E-state index is 0.0245. The molecule has 1 fully saturated rings. The van der Waals surface area contributed by atoms with Gasteiger partial charge in [-0.2, -0.15) is 0 Å². The van der Waals surface area contributed by atoms with Crippen LogP contribution in [0.1, 0.15) is 46.0 Å². The van der Waals surface area contributed by atoms with Gasteiger partial charge in [-0.25, -0.2) is 4.79 Å². The molecule has 1 aliphatic rings. The predicted molar refractivity (Wildman–Crippen MR) is 51.6 cm³/mol. The number of ether oxygens (including phenoxy) is 1. The quantitative estimate of drug-likeness (QED) is 0.717. The Labute approximate surface area is 79.8 Å². The maximum Gasteiger partial charge on any atom is 0.407 e. The summed E-state index contributed by atoms with van der Waals surface area (Å²) < 4.78 is 5.00. The van der Waals surface area contributed by atoms with Crippen LogP contribution in [-0.2, 0) is 4.74 Å². The van der Waals surface area contributed by atoms with Crippen molar-refractivity contribution in [2.75, 3.05) is 0 Å². The first-order valence-electron chi connectivity index (χ1n) is 5.15. The molecule has 0 bridgehead atoms. The van der Waals surface area contributed by atoms with Crippen molar-refractivity contribution in [2.24, 2.45) is 0 Å². The van der Waals surface area contributed by atoms with Crippen molar-refractivity contribution < 1.29 is 9.53 Å². The third-order valence-electron chi connectivity index (χ3n) is 2.27. The SMILES string of the molecule is CC(C)OC(=O)NC1CCCCC1. The van der Waals surface area contributed by atoms with Crippen LogP contribution in [0.5, 0.6) is 0 Å². The zero-order valence-electron chi connectivity index (χ0n) is 8.51. The lowest BCUT2D eigenvalue weighted by Crippen LogP contribution is -2.37. The highest BCUT2D eigenvalue weighted by Crippen LogP contribution is 2.17. The van der Waals surface area contributed by atoms with E-state index in [0.29, 0.717) is 6.04 Å². The van der Waals surface area contributed by atoms with Gasteiger partial charge in [0.15, 0.2) is 0 Å². The Hall–Kier alpha value is -0.730. The first kappa shape index (κ1) is 10.4. The molecule has 0 aliphatic heterocycles. The fraction of sp³-hybridized carbons (Fsp3) is 0.900. The van der Waals surface area contributed by atoms with E-state index >= 15 is 0 Å². The minimum atomic E-state index is -0.262. The van der Waals surface area contributed by atoms with Crippen LogP contribution >= 0.6 is 0 Å². The number of carbonyl (C=O) groups is 1. The molecule has 13 heavy (non-hydrogen) atoms. The van der Waals surface area contributed by atoms with Crippen molar-refractivity contribution in [3.8, 4) is 0 Å². The third-order valence-corrected chi connectivity index (χ3v) is 2.27. The molecule has 0 saturated heterocycles. The van der Waals surface area contributed by atoms with Crippen LogP contribution in [0.15, 0.2) is 0 Å². The lowest BCUT2D eigenvalue weighted by atomic mass is 9.96. The van der Waals surface area contributed by atoms with Crippen molar-refractivity contribution in [2.45, 2.75) is 58.1 Å². The average molecular weight is 185 g/mol. The van der Waals surface area contributed by atoms with Crippen molar-refractivity contribution in [1.29, 1.82) is 0 Å². The number of nitrogens with one attached hydrogen (secondary N) is 1. The van der Waals surface area contributed by atoms with Gasteiger partial charge in [-0.3, -0.25) is 0 Å². The second-order valence-electron chi connectivity index (χ2n) is 3.93. The van der Waals surface area contributed by atoms with Gasteiger partial charge >= 0.3 is 6.09 Å². The molecule has 0 unspecified atom stereocenters. The molecular formula is C10H19NO2. The Bertz CT molecular complexity index is 162. The van der Waals surface area contributed by atoms with Crippen LogP contribution in [0, 0.1) is 0 Å². The molecule has 0 atom stereocenters. The third kappa shape index (κ3) is 4.15. The van der Waals surface area contributed by atoms with E-state index in [1.807, 2.05) is 13.8 Å². The average Bonchev–Trinajstić information content (AvgIpc) is 2.04. The summed E-state index contributed by atoms with van der Waals surface area (Å²) in [6, 6.07) is 0.347. The molecule has 0 aromatic rings. The number of hydrogen-bond donors (Lipinski definition) is 1. The summed E-state index contributed by atoms with van der Waals surface area (Å²) in [5, 5.41) is 2.89. The Morgan fingerprint density at radius 2 is 1.92 bits per heavy atom. The van der Waals surface area contributed by atoms with E-state index in [9.17, 15) is 4.79 Å². The fourth-order valence-corrected chi connectivity index (χ4v) is 1.66. The standard InChI is InChI=1S/C10H19NO2/c1-8(2)13-10(12)11-9-6-4-3-5-7-9/h8-9H,3-7H2,1-2H3,(H,11,12). The molecule has 3 heteroatoms. The molecule has 1 aliphatic carbocycles. The number of rotatable bonds is 2. The molecule has 1 amide bonds. The summed E-state index contributed by atoms with van der Waals surface area (Å²) in [5.41, 5.74) is 0. The van der Waals surface area contributed by atoms with Crippen LogP contribution < -0.4 is 5.32 Å². The monoisotopic (exact) mass is 185 g/mol. The summed E-state index contributed by atoms with van der Waals surface area (Å²) in [5.74, 6) is 0. The molecule has 76 valence electrons. The van der Waals surface area contributed by atoms with Crippen LogP contribution in [0.3, 0.4) is 0 Å². The van der Waals surface area contributed by atoms with Crippen LogP contribution in [0.2, 0.25) is 0 Å². The summed E-state index contributed by atoms with van der Waals surface area (Å²) in [6.07, 6.45) is 5.68. The van der Waals surface area contributed by atoms with E-state index in [1.165, 1.54) is 19.3 Å². The van der Waals surface area contributed by atoms with Crippen molar-refractivity contribution in [3.05, 3.63) is 0 Å². The summed E-state index contributed by atoms with van der Waals surface area (Å²) in [4.78, 5) is 11.2. The molecule has 0 heterocycles. The zero-order valence-corrected chi connectivity index (χ0v) is 8.51. The van der Waals surface area contributed by atoms with Crippen molar-refractivity contribution >= 4 is 6.09 Å². The molecule has 0 aromatic heterocycles. The Balaban J connectivity index is 2.18. The molecule has 3 nitrogen and oxygen atoms in total. The summed E-state index contributed by atoms with van der Waals surface area (Å²) in [7, 11) is 0. The number of alkyl carbamates (subject to hydrolysis) is 1. The van der Waals surface area contributed by atoms with Crippen molar-refractivity contribution in [3.63, 3.8) is 0 Å². The zero-order chi connectivity index (χ0) is 9.68. The maximum absolute atomic E-state index is 11.2.